The molecule has 1 aromatic carbocycles. The Hall–Kier alpha value is -3.43. The van der Waals surface area contributed by atoms with Gasteiger partial charge >= 0.3 is 5.97 Å². The molecule has 2 aromatic rings. The minimum Gasteiger partial charge on any atom is -0.520 e. The Kier molecular flexibility index (Phi) is 4.14. The van der Waals surface area contributed by atoms with Crippen molar-refractivity contribution < 1.29 is 14.7 Å². The van der Waals surface area contributed by atoms with Gasteiger partial charge in [0, 0.05) is 24.2 Å². The third-order valence-electron chi connectivity index (χ3n) is 2.73. The summed E-state index contributed by atoms with van der Waals surface area (Å²) >= 11 is 0. The molecule has 1 amide bonds. The van der Waals surface area contributed by atoms with Crippen molar-refractivity contribution in [2.45, 2.75) is 12.5 Å². The number of nitrogens with zero attached hydrogens (tertiary/aromatic N) is 1. The summed E-state index contributed by atoms with van der Waals surface area (Å²) in [5.74, 6) is -1.08. The van der Waals surface area contributed by atoms with Gasteiger partial charge in [-0.1, -0.05) is 18.2 Å². The van der Waals surface area contributed by atoms with E-state index in [9.17, 15) is 9.59 Å². The van der Waals surface area contributed by atoms with Crippen LogP contribution in [0.4, 0.5) is 0 Å². The standard InChI is InChI=1S/C13H11N2O3.Fm/c16-8-15-12(13(17)18)6-10-3-1-2-9-4-5-14-7-11(9)10;/h1-5,7,12H,6H2,(H,15,16)(H,17,18);/q-1;/t12-;/m0./s1. The number of pyridine rings is 1. The summed E-state index contributed by atoms with van der Waals surface area (Å²) in [6, 6.07) is 6.48. The molecule has 0 saturated heterocycles. The quantitative estimate of drug-likeness (QED) is 0.473. The molecule has 19 heavy (non-hydrogen) atoms. The normalized spacial score (nSPS) is 11.4. The van der Waals surface area contributed by atoms with Crippen LogP contribution >= 0.6 is 0 Å². The number of carbonyl (C=O) groups excluding carboxylic acids is 1. The van der Waals surface area contributed by atoms with Crippen molar-refractivity contribution in [2.24, 2.45) is 0 Å². The molecule has 0 fully saturated rings. The number of aromatic nitrogens is 1. The largest absolute Gasteiger partial charge is 0.520 e. The topological polar surface area (TPSA) is 79.3 Å². The Labute approximate surface area is 103 Å². The fourth-order valence-electron chi connectivity index (χ4n) is 1.85. The second-order valence-electron chi connectivity index (χ2n) is 3.86. The third kappa shape index (κ3) is 2.82. The number of rotatable bonds is 5. The fraction of sp³-hybridized carbons (Fsp3) is 0.154. The number of aliphatic carboxylic acids is 1. The number of benzene rings is 1. The molecule has 1 atom stereocenters. The van der Waals surface area contributed by atoms with Crippen LogP contribution < -0.4 is 5.32 Å². The number of hydrogen-bond acceptors (Lipinski definition) is 3. The van der Waals surface area contributed by atoms with Crippen LogP contribution in [0.25, 0.3) is 10.8 Å². The van der Waals surface area contributed by atoms with Crippen LogP contribution in [0.5, 0.6) is 0 Å². The molecule has 6 heteroatoms. The van der Waals surface area contributed by atoms with Crippen LogP contribution in [0.3, 0.4) is 0 Å². The average Bonchev–Trinajstić information content (AvgIpc) is 2.38. The third-order valence-corrected chi connectivity index (χ3v) is 2.73. The van der Waals surface area contributed by atoms with Gasteiger partial charge in [0.25, 0.3) is 0 Å². The molecule has 1 heterocycles. The summed E-state index contributed by atoms with van der Waals surface area (Å²) in [6.45, 7) is 0. The monoisotopic (exact) mass is 500 g/mol. The van der Waals surface area contributed by atoms with Crippen LogP contribution in [-0.2, 0) is 16.0 Å². The van der Waals surface area contributed by atoms with Gasteiger partial charge < -0.3 is 15.2 Å². The van der Waals surface area contributed by atoms with Crippen molar-refractivity contribution in [1.82, 2.24) is 10.3 Å². The number of carbonyl (C=O) groups is 1. The first-order chi connectivity index (χ1) is 8.72. The zero-order valence-electron chi connectivity index (χ0n) is 9.75. The first-order valence-electron chi connectivity index (χ1n) is 5.39. The van der Waals surface area contributed by atoms with E-state index in [1.807, 2.05) is 24.3 Å². The Balaban J connectivity index is 0.00000180. The zero-order valence-corrected chi connectivity index (χ0v) is 12.2. The number of carboxylic acid groups (broad SMARTS) is 1. The van der Waals surface area contributed by atoms with E-state index in [4.69, 9.17) is 5.11 Å². The van der Waals surface area contributed by atoms with Crippen LogP contribution in [0, 0.1) is 0 Å². The Morgan fingerprint density at radius 1 is 1.42 bits per heavy atom. The summed E-state index contributed by atoms with van der Waals surface area (Å²) in [5, 5.41) is 13.0. The van der Waals surface area contributed by atoms with E-state index in [0.29, 0.717) is 0 Å². The maximum atomic E-state index is 11.0. The van der Waals surface area contributed by atoms with E-state index in [-0.39, 0.29) is 6.42 Å². The van der Waals surface area contributed by atoms with Crippen molar-refractivity contribution in [3.63, 3.8) is 0 Å². The Morgan fingerprint density at radius 2 is 2.21 bits per heavy atom. The van der Waals surface area contributed by atoms with Crippen molar-refractivity contribution in [3.05, 3.63) is 42.2 Å². The van der Waals surface area contributed by atoms with Gasteiger partial charge in [-0.05, 0) is 17.0 Å². The minimum absolute atomic E-state index is 0. The second-order valence-corrected chi connectivity index (χ2v) is 3.86. The molecule has 1 aromatic heterocycles. The molecule has 0 bridgehead atoms. The van der Waals surface area contributed by atoms with Crippen LogP contribution in [-0.4, -0.2) is 28.5 Å². The van der Waals surface area contributed by atoms with Gasteiger partial charge in [0.1, 0.15) is 6.04 Å². The molecule has 2 rings (SSSR count). The fourth-order valence-corrected chi connectivity index (χ4v) is 1.85. The van der Waals surface area contributed by atoms with Crippen molar-refractivity contribution in [3.8, 4) is 0 Å². The molecular weight excluding hydrogens is 489 g/mol. The summed E-state index contributed by atoms with van der Waals surface area (Å²) < 4.78 is 0. The smallest absolute Gasteiger partial charge is 0.323 e. The first-order valence-corrected chi connectivity index (χ1v) is 5.39. The van der Waals surface area contributed by atoms with E-state index in [1.54, 1.807) is 12.4 Å². The van der Waals surface area contributed by atoms with Gasteiger partial charge in [0.2, 0.25) is 0 Å². The molecule has 0 spiro atoms. The van der Waals surface area contributed by atoms with E-state index < -0.39 is 12.0 Å². The Bertz CT molecular complexity index is 584. The minimum atomic E-state index is -1.08. The molecule has 2 N–H and O–H groups in total. The SMILES string of the molecule is O=[C-]N[C@@H](Cc1cccc2ccncc12)C(=O)O.[Fm]. The molecule has 0 aliphatic heterocycles. The first kappa shape index (κ1) is 13.6. The molecule has 0 saturated carbocycles. The number of nitrogens with one attached hydrogen (secondary N) is 1. The molecule has 5 nitrogen and oxygen atoms in total. The maximum absolute atomic E-state index is 11.0. The summed E-state index contributed by atoms with van der Waals surface area (Å²) in [5.41, 5.74) is 0.829. The predicted molar refractivity (Wildman–Crippen MR) is 65.7 cm³/mol. The number of hydrogen-bond donors (Lipinski definition) is 2. The molecule has 0 aliphatic rings. The van der Waals surface area contributed by atoms with Crippen molar-refractivity contribution in [1.29, 1.82) is 0 Å². The Morgan fingerprint density at radius 3 is 2.89 bits per heavy atom. The van der Waals surface area contributed by atoms with E-state index >= 15 is 0 Å². The molecule has 104 valence electrons. The van der Waals surface area contributed by atoms with Crippen LogP contribution in [0.15, 0.2) is 36.7 Å². The molecular formula is C13H11FmN2O3-. The van der Waals surface area contributed by atoms with E-state index in [1.165, 1.54) is 6.41 Å². The van der Waals surface area contributed by atoms with Gasteiger partial charge in [-0.15, -0.1) is 0 Å². The van der Waals surface area contributed by atoms with Crippen molar-refractivity contribution >= 4 is 23.2 Å². The van der Waals surface area contributed by atoms with Gasteiger partial charge in [-0.3, -0.25) is 9.78 Å². The number of fused-ring (bicyclic) bond motifs is 1. The average molecular weight is 500 g/mol. The van der Waals surface area contributed by atoms with E-state index in [2.05, 4.69) is 10.3 Å². The molecule has 0 radical (unpaired) electrons. The number of carboxylic acids is 1. The van der Waals surface area contributed by atoms with E-state index in [0.717, 1.165) is 16.3 Å². The maximum Gasteiger partial charge on any atom is 0.323 e. The van der Waals surface area contributed by atoms with Crippen LogP contribution in [0.2, 0.25) is 0 Å². The molecule has 0 unspecified atom stereocenters. The van der Waals surface area contributed by atoms with Gasteiger partial charge in [0.15, 0.2) is 0 Å². The zero-order chi connectivity index (χ0) is 13.0. The van der Waals surface area contributed by atoms with Gasteiger partial charge in [0.05, 0.1) is 0 Å². The second kappa shape index (κ2) is 5.77. The van der Waals surface area contributed by atoms with Crippen LogP contribution in [0.1, 0.15) is 5.56 Å². The summed E-state index contributed by atoms with van der Waals surface area (Å²) in [4.78, 5) is 25.3. The summed E-state index contributed by atoms with van der Waals surface area (Å²) in [6.07, 6.45) is 4.99. The van der Waals surface area contributed by atoms with Gasteiger partial charge in [-0.2, -0.15) is 6.41 Å². The predicted octanol–water partition coefficient (Wildman–Crippen LogP) is 0.887. The van der Waals surface area contributed by atoms with Crippen molar-refractivity contribution in [2.75, 3.05) is 0 Å². The van der Waals surface area contributed by atoms with Gasteiger partial charge in [-0.25, -0.2) is 0 Å². The summed E-state index contributed by atoms with van der Waals surface area (Å²) in [7, 11) is 0. The molecule has 0 aliphatic carbocycles. The number of amides is 1.